The molecule has 1 aromatic rings. The number of oxazole rings is 1. The van der Waals surface area contributed by atoms with Crippen LogP contribution in [-0.4, -0.2) is 41.1 Å². The molecule has 1 aromatic heterocycles. The molecule has 1 aliphatic rings. The maximum atomic E-state index is 10.5. The Morgan fingerprint density at radius 3 is 3.24 bits per heavy atom. The van der Waals surface area contributed by atoms with Crippen LogP contribution in [0.25, 0.3) is 0 Å². The Balaban J connectivity index is 1.89. The average molecular weight is 238 g/mol. The van der Waals surface area contributed by atoms with Gasteiger partial charge in [-0.3, -0.25) is 4.79 Å². The molecule has 0 aliphatic carbocycles. The fourth-order valence-electron chi connectivity index (χ4n) is 2.37. The van der Waals surface area contributed by atoms with E-state index in [0.717, 1.165) is 19.5 Å². The van der Waals surface area contributed by atoms with E-state index in [1.54, 1.807) is 0 Å². The van der Waals surface area contributed by atoms with E-state index >= 15 is 0 Å². The summed E-state index contributed by atoms with van der Waals surface area (Å²) in [7, 11) is 2.12. The Hall–Kier alpha value is -1.36. The lowest BCUT2D eigenvalue weighted by Gasteiger charge is -2.28. The number of hydrogen-bond donors (Lipinski definition) is 1. The van der Waals surface area contributed by atoms with Crippen LogP contribution in [0, 0.1) is 5.92 Å². The summed E-state index contributed by atoms with van der Waals surface area (Å²) in [6.07, 6.45) is 4.61. The van der Waals surface area contributed by atoms with Gasteiger partial charge in [-0.1, -0.05) is 0 Å². The van der Waals surface area contributed by atoms with Gasteiger partial charge in [-0.15, -0.1) is 0 Å². The van der Waals surface area contributed by atoms with Gasteiger partial charge in [0.25, 0.3) is 0 Å². The molecule has 2 rings (SSSR count). The number of nitrogens with zero attached hydrogens (tertiary/aromatic N) is 2. The number of carboxylic acid groups (broad SMARTS) is 1. The van der Waals surface area contributed by atoms with Gasteiger partial charge in [0, 0.05) is 13.0 Å². The largest absolute Gasteiger partial charge is 0.481 e. The van der Waals surface area contributed by atoms with Gasteiger partial charge in [-0.05, 0) is 32.4 Å². The lowest BCUT2D eigenvalue weighted by atomic mass is 9.95. The number of piperidine rings is 1. The minimum Gasteiger partial charge on any atom is -0.481 e. The van der Waals surface area contributed by atoms with E-state index in [9.17, 15) is 4.79 Å². The molecule has 1 saturated heterocycles. The van der Waals surface area contributed by atoms with Crippen LogP contribution in [-0.2, 0) is 17.6 Å². The van der Waals surface area contributed by atoms with E-state index in [1.165, 1.54) is 19.1 Å². The standard InChI is InChI=1S/C12H18N2O3/c1-14-4-2-3-9(7-14)5-11-13-10(8-17-11)6-12(15)16/h8-9H,2-7H2,1H3,(H,15,16). The van der Waals surface area contributed by atoms with E-state index in [1.807, 2.05) is 0 Å². The summed E-state index contributed by atoms with van der Waals surface area (Å²) in [6.45, 7) is 2.23. The second-order valence-electron chi connectivity index (χ2n) is 4.78. The van der Waals surface area contributed by atoms with E-state index < -0.39 is 5.97 Å². The smallest absolute Gasteiger partial charge is 0.309 e. The van der Waals surface area contributed by atoms with Gasteiger partial charge in [0.05, 0.1) is 12.1 Å². The van der Waals surface area contributed by atoms with E-state index in [-0.39, 0.29) is 6.42 Å². The Labute approximate surface area is 100 Å². The molecule has 0 bridgehead atoms. The molecule has 1 aliphatic heterocycles. The number of rotatable bonds is 4. The van der Waals surface area contributed by atoms with Gasteiger partial charge in [-0.25, -0.2) is 4.98 Å². The second-order valence-corrected chi connectivity index (χ2v) is 4.78. The van der Waals surface area contributed by atoms with E-state index in [2.05, 4.69) is 16.9 Å². The normalized spacial score (nSPS) is 21.6. The minimum absolute atomic E-state index is 0.0614. The van der Waals surface area contributed by atoms with E-state index in [4.69, 9.17) is 9.52 Å². The summed E-state index contributed by atoms with van der Waals surface area (Å²) >= 11 is 0. The topological polar surface area (TPSA) is 66.6 Å². The first kappa shape index (κ1) is 12.1. The molecule has 94 valence electrons. The van der Waals surface area contributed by atoms with Gasteiger partial charge >= 0.3 is 5.97 Å². The van der Waals surface area contributed by atoms with Crippen LogP contribution in [0.15, 0.2) is 10.7 Å². The summed E-state index contributed by atoms with van der Waals surface area (Å²) in [5.41, 5.74) is 0.511. The highest BCUT2D eigenvalue weighted by atomic mass is 16.4. The monoisotopic (exact) mass is 238 g/mol. The highest BCUT2D eigenvalue weighted by Crippen LogP contribution is 2.19. The van der Waals surface area contributed by atoms with Gasteiger partial charge in [0.2, 0.25) is 0 Å². The van der Waals surface area contributed by atoms with Gasteiger partial charge < -0.3 is 14.4 Å². The predicted molar refractivity (Wildman–Crippen MR) is 61.8 cm³/mol. The number of carbonyl (C=O) groups is 1. The van der Waals surface area contributed by atoms with Crippen molar-refractivity contribution < 1.29 is 14.3 Å². The Morgan fingerprint density at radius 1 is 1.71 bits per heavy atom. The van der Waals surface area contributed by atoms with Crippen molar-refractivity contribution in [2.45, 2.75) is 25.7 Å². The molecule has 1 N–H and O–H groups in total. The van der Waals surface area contributed by atoms with Crippen molar-refractivity contribution >= 4 is 5.97 Å². The van der Waals surface area contributed by atoms with Gasteiger partial charge in [0.15, 0.2) is 5.89 Å². The Kier molecular flexibility index (Phi) is 3.78. The molecule has 2 heterocycles. The molecule has 17 heavy (non-hydrogen) atoms. The number of aromatic nitrogens is 1. The summed E-state index contributed by atoms with van der Waals surface area (Å²) < 4.78 is 5.31. The van der Waals surface area contributed by atoms with Gasteiger partial charge in [-0.2, -0.15) is 0 Å². The van der Waals surface area contributed by atoms with Crippen molar-refractivity contribution in [1.29, 1.82) is 0 Å². The van der Waals surface area contributed by atoms with Crippen molar-refractivity contribution in [3.63, 3.8) is 0 Å². The van der Waals surface area contributed by atoms with Crippen LogP contribution in [0.3, 0.4) is 0 Å². The first-order valence-electron chi connectivity index (χ1n) is 5.97. The molecule has 1 atom stereocenters. The molecule has 5 nitrogen and oxygen atoms in total. The molecule has 0 radical (unpaired) electrons. The number of aliphatic carboxylic acids is 1. The van der Waals surface area contributed by atoms with Crippen LogP contribution < -0.4 is 0 Å². The van der Waals surface area contributed by atoms with Crippen LogP contribution in [0.1, 0.15) is 24.4 Å². The average Bonchev–Trinajstić information content (AvgIpc) is 2.64. The molecule has 1 unspecified atom stereocenters. The zero-order chi connectivity index (χ0) is 12.3. The quantitative estimate of drug-likeness (QED) is 0.853. The summed E-state index contributed by atoms with van der Waals surface area (Å²) in [5, 5.41) is 8.64. The lowest BCUT2D eigenvalue weighted by Crippen LogP contribution is -2.33. The summed E-state index contributed by atoms with van der Waals surface area (Å²) in [6, 6.07) is 0. The first-order valence-corrected chi connectivity index (χ1v) is 5.97. The highest BCUT2D eigenvalue weighted by Gasteiger charge is 2.19. The molecule has 0 saturated carbocycles. The Morgan fingerprint density at radius 2 is 2.53 bits per heavy atom. The maximum Gasteiger partial charge on any atom is 0.309 e. The van der Waals surface area contributed by atoms with Crippen LogP contribution in [0.5, 0.6) is 0 Å². The molecular weight excluding hydrogens is 220 g/mol. The van der Waals surface area contributed by atoms with Crippen molar-refractivity contribution in [3.05, 3.63) is 17.8 Å². The number of hydrogen-bond acceptors (Lipinski definition) is 4. The molecular formula is C12H18N2O3. The SMILES string of the molecule is CN1CCCC(Cc2nc(CC(=O)O)co2)C1. The lowest BCUT2D eigenvalue weighted by molar-refractivity contribution is -0.136. The minimum atomic E-state index is -0.873. The van der Waals surface area contributed by atoms with Crippen molar-refractivity contribution in [3.8, 4) is 0 Å². The molecule has 0 spiro atoms. The Bertz CT molecular complexity index is 389. The predicted octanol–water partition coefficient (Wildman–Crippen LogP) is 1.19. The molecule has 0 amide bonds. The summed E-state index contributed by atoms with van der Waals surface area (Å²) in [4.78, 5) is 17.0. The second kappa shape index (κ2) is 5.31. The van der Waals surface area contributed by atoms with Crippen LogP contribution in [0.2, 0.25) is 0 Å². The third kappa shape index (κ3) is 3.56. The zero-order valence-electron chi connectivity index (χ0n) is 10.1. The zero-order valence-corrected chi connectivity index (χ0v) is 10.1. The van der Waals surface area contributed by atoms with Crippen molar-refractivity contribution in [2.75, 3.05) is 20.1 Å². The first-order chi connectivity index (χ1) is 8.13. The number of carboxylic acids is 1. The van der Waals surface area contributed by atoms with Crippen molar-refractivity contribution in [2.24, 2.45) is 5.92 Å². The molecule has 0 aromatic carbocycles. The maximum absolute atomic E-state index is 10.5. The van der Waals surface area contributed by atoms with Crippen LogP contribution in [0.4, 0.5) is 0 Å². The number of likely N-dealkylation sites (tertiary alicyclic amines) is 1. The molecule has 5 heteroatoms. The fraction of sp³-hybridized carbons (Fsp3) is 0.667. The third-order valence-corrected chi connectivity index (χ3v) is 3.12. The third-order valence-electron chi connectivity index (χ3n) is 3.12. The van der Waals surface area contributed by atoms with Crippen LogP contribution >= 0.6 is 0 Å². The fourth-order valence-corrected chi connectivity index (χ4v) is 2.37. The molecule has 1 fully saturated rings. The summed E-state index contributed by atoms with van der Waals surface area (Å²) in [5.74, 6) is 0.369. The van der Waals surface area contributed by atoms with Gasteiger partial charge in [0.1, 0.15) is 6.26 Å². The highest BCUT2D eigenvalue weighted by molar-refractivity contribution is 5.69. The van der Waals surface area contributed by atoms with Crippen molar-refractivity contribution in [1.82, 2.24) is 9.88 Å². The van der Waals surface area contributed by atoms with E-state index in [0.29, 0.717) is 17.5 Å².